The summed E-state index contributed by atoms with van der Waals surface area (Å²) in [6.45, 7) is 0. The highest BCUT2D eigenvalue weighted by atomic mass is 32.4. The van der Waals surface area contributed by atoms with Gasteiger partial charge in [0.25, 0.3) is 0 Å². The van der Waals surface area contributed by atoms with Crippen LogP contribution in [-0.4, -0.2) is 12.0 Å². The van der Waals surface area contributed by atoms with E-state index in [0.29, 0.717) is 0 Å². The highest BCUT2D eigenvalue weighted by Gasteiger charge is 2.22. The van der Waals surface area contributed by atoms with Crippen molar-refractivity contribution in [1.29, 1.82) is 0 Å². The van der Waals surface area contributed by atoms with E-state index in [1.54, 1.807) is 0 Å². The van der Waals surface area contributed by atoms with Gasteiger partial charge in [0.05, 0.1) is 0 Å². The molecule has 0 aliphatic carbocycles. The second-order valence-corrected chi connectivity index (χ2v) is 15.0. The molecular formula is C24H21P3. The van der Waals surface area contributed by atoms with Gasteiger partial charge in [-0.1, -0.05) is 117 Å². The Morgan fingerprint density at radius 2 is 1.26 bits per heavy atom. The number of rotatable bonds is 3. The van der Waals surface area contributed by atoms with Gasteiger partial charge in [-0.2, -0.15) is 0 Å². The molecule has 0 N–H and O–H groups in total. The summed E-state index contributed by atoms with van der Waals surface area (Å²) >= 11 is 0. The summed E-state index contributed by atoms with van der Waals surface area (Å²) < 4.78 is 0. The van der Waals surface area contributed by atoms with Crippen LogP contribution in [0.2, 0.25) is 0 Å². The molecule has 0 aromatic heterocycles. The average molecular weight is 402 g/mol. The molecule has 0 fully saturated rings. The fraction of sp³-hybridized carbons (Fsp3) is 0.0417. The first-order valence-electron chi connectivity index (χ1n) is 9.06. The van der Waals surface area contributed by atoms with Gasteiger partial charge < -0.3 is 0 Å². The van der Waals surface area contributed by atoms with Crippen molar-refractivity contribution in [2.24, 2.45) is 0 Å². The molecule has 0 radical (unpaired) electrons. The molecule has 27 heavy (non-hydrogen) atoms. The molecule has 0 spiro atoms. The zero-order chi connectivity index (χ0) is 18.3. The van der Waals surface area contributed by atoms with Gasteiger partial charge >= 0.3 is 0 Å². The lowest BCUT2D eigenvalue weighted by molar-refractivity contribution is 1.63. The zero-order valence-electron chi connectivity index (χ0n) is 15.0. The molecule has 0 saturated carbocycles. The lowest BCUT2D eigenvalue weighted by atomic mass is 10.1. The molecule has 1 heterocycles. The van der Waals surface area contributed by atoms with Crippen LogP contribution in [0.5, 0.6) is 0 Å². The van der Waals surface area contributed by atoms with Crippen LogP contribution >= 0.6 is 22.8 Å². The van der Waals surface area contributed by atoms with Gasteiger partial charge in [0.2, 0.25) is 0 Å². The topological polar surface area (TPSA) is 0 Å². The third kappa shape index (κ3) is 4.72. The predicted molar refractivity (Wildman–Crippen MR) is 128 cm³/mol. The van der Waals surface area contributed by atoms with E-state index in [1.807, 2.05) is 0 Å². The Balaban J connectivity index is 1.70. The zero-order valence-corrected chi connectivity index (χ0v) is 17.7. The molecule has 0 amide bonds. The molecule has 3 aromatic carbocycles. The average Bonchev–Trinajstić information content (AvgIpc) is 2.87. The highest BCUT2D eigenvalue weighted by Crippen LogP contribution is 2.74. The first-order chi connectivity index (χ1) is 13.4. The Hall–Kier alpha value is -1.83. The summed E-state index contributed by atoms with van der Waals surface area (Å²) in [6.07, 6.45) is 10.0. The van der Waals surface area contributed by atoms with Crippen molar-refractivity contribution in [2.75, 3.05) is 6.16 Å². The Morgan fingerprint density at radius 3 is 2.00 bits per heavy atom. The van der Waals surface area contributed by atoms with Gasteiger partial charge in [-0.25, -0.2) is 0 Å². The summed E-state index contributed by atoms with van der Waals surface area (Å²) in [5, 5.41) is 3.01. The summed E-state index contributed by atoms with van der Waals surface area (Å²) in [6, 6.07) is 31.0. The summed E-state index contributed by atoms with van der Waals surface area (Å²) in [5.74, 6) is 2.32. The van der Waals surface area contributed by atoms with E-state index in [4.69, 9.17) is 0 Å². The SMILES string of the molecule is C1=CC=PP(c2ccccc2)P(c2ccc(-c3ccccc3)cc2)CC=C1. The maximum atomic E-state index is 2.36. The van der Waals surface area contributed by atoms with Gasteiger partial charge in [0, 0.05) is 7.30 Å². The molecule has 2 unspecified atom stereocenters. The van der Waals surface area contributed by atoms with Crippen LogP contribution in [-0.2, 0) is 0 Å². The highest BCUT2D eigenvalue weighted by molar-refractivity contribution is 8.60. The lowest BCUT2D eigenvalue weighted by Gasteiger charge is -2.25. The standard InChI is InChI=1S/C24H21P3/c1-2-10-20-26(27(25-19-9-1)24-13-7-4-8-14-24)23-17-15-22(16-18-23)21-11-5-3-6-12-21/h1-19H,20H2. The minimum Gasteiger partial charge on any atom is -0.0796 e. The van der Waals surface area contributed by atoms with Crippen LogP contribution in [0, 0.1) is 0 Å². The Kier molecular flexibility index (Phi) is 6.45. The molecule has 0 saturated heterocycles. The molecule has 1 aliphatic rings. The Morgan fingerprint density at radius 1 is 0.593 bits per heavy atom. The molecule has 4 rings (SSSR count). The fourth-order valence-electron chi connectivity index (χ4n) is 3.03. The van der Waals surface area contributed by atoms with Crippen molar-refractivity contribution < 1.29 is 0 Å². The number of allylic oxidation sites excluding steroid dienone is 4. The van der Waals surface area contributed by atoms with Crippen molar-refractivity contribution in [3.05, 3.63) is 109 Å². The quantitative estimate of drug-likeness (QED) is 0.415. The summed E-state index contributed by atoms with van der Waals surface area (Å²) in [5.41, 5.74) is 2.58. The monoisotopic (exact) mass is 402 g/mol. The minimum absolute atomic E-state index is 0.252. The Labute approximate surface area is 165 Å². The van der Waals surface area contributed by atoms with E-state index in [2.05, 4.69) is 115 Å². The molecule has 0 nitrogen and oxygen atoms in total. The third-order valence-corrected chi connectivity index (χ3v) is 15.4. The third-order valence-electron chi connectivity index (χ3n) is 4.39. The van der Waals surface area contributed by atoms with Gasteiger partial charge in [0.15, 0.2) is 0 Å². The van der Waals surface area contributed by atoms with Crippen LogP contribution in [0.25, 0.3) is 11.1 Å². The van der Waals surface area contributed by atoms with Crippen molar-refractivity contribution in [1.82, 2.24) is 0 Å². The van der Waals surface area contributed by atoms with E-state index in [1.165, 1.54) is 29.6 Å². The first-order valence-corrected chi connectivity index (χ1v) is 14.3. The smallest absolute Gasteiger partial charge is 0.00775 e. The second kappa shape index (κ2) is 9.39. The molecule has 0 bridgehead atoms. The van der Waals surface area contributed by atoms with Crippen molar-refractivity contribution in [3.63, 3.8) is 0 Å². The van der Waals surface area contributed by atoms with Crippen molar-refractivity contribution in [3.8, 4) is 11.1 Å². The summed E-state index contributed by atoms with van der Waals surface area (Å²) in [7, 11) is 0.934. The molecular weight excluding hydrogens is 381 g/mol. The number of benzene rings is 3. The largest absolute Gasteiger partial charge is 0.0796 e. The van der Waals surface area contributed by atoms with Crippen LogP contribution in [0.1, 0.15) is 0 Å². The lowest BCUT2D eigenvalue weighted by Crippen LogP contribution is -2.05. The van der Waals surface area contributed by atoms with E-state index < -0.39 is 0 Å². The number of hydrogen-bond acceptors (Lipinski definition) is 0. The Bertz CT molecular complexity index is 942. The summed E-state index contributed by atoms with van der Waals surface area (Å²) in [4.78, 5) is 0. The molecule has 2 atom stereocenters. The maximum Gasteiger partial charge on any atom is 0.00775 e. The van der Waals surface area contributed by atoms with Gasteiger partial charge in [-0.05, 0) is 41.3 Å². The number of hydrogen-bond donors (Lipinski definition) is 0. The van der Waals surface area contributed by atoms with E-state index in [9.17, 15) is 0 Å². The predicted octanol–water partition coefficient (Wildman–Crippen LogP) is 6.97. The normalized spacial score (nSPS) is 19.9. The molecule has 132 valence electrons. The first kappa shape index (κ1) is 18.5. The van der Waals surface area contributed by atoms with Gasteiger partial charge in [-0.3, -0.25) is 0 Å². The van der Waals surface area contributed by atoms with Gasteiger partial charge in [0.1, 0.15) is 0 Å². The van der Waals surface area contributed by atoms with Crippen LogP contribution < -0.4 is 10.6 Å². The van der Waals surface area contributed by atoms with Crippen LogP contribution in [0.15, 0.2) is 109 Å². The molecule has 1 aliphatic heterocycles. The van der Waals surface area contributed by atoms with Crippen LogP contribution in [0.4, 0.5) is 0 Å². The van der Waals surface area contributed by atoms with Crippen LogP contribution in [0.3, 0.4) is 0 Å². The maximum absolute atomic E-state index is 2.36. The molecule has 3 aromatic rings. The van der Waals surface area contributed by atoms with Gasteiger partial charge in [-0.15, -0.1) is 0 Å². The van der Waals surface area contributed by atoms with E-state index in [-0.39, 0.29) is 14.9 Å². The van der Waals surface area contributed by atoms with E-state index >= 15 is 0 Å². The minimum atomic E-state index is -0.254. The van der Waals surface area contributed by atoms with Crippen molar-refractivity contribution >= 4 is 39.2 Å². The van der Waals surface area contributed by atoms with Crippen molar-refractivity contribution in [2.45, 2.75) is 0 Å². The van der Waals surface area contributed by atoms with E-state index in [0.717, 1.165) is 6.16 Å². The second-order valence-electron chi connectivity index (χ2n) is 6.20. The fourth-order valence-corrected chi connectivity index (χ4v) is 13.8. The molecule has 3 heteroatoms.